The summed E-state index contributed by atoms with van der Waals surface area (Å²) in [6.45, 7) is 6.22. The molecule has 0 aliphatic heterocycles. The second-order valence-corrected chi connectivity index (χ2v) is 9.00. The molecule has 36 heavy (non-hydrogen) atoms. The standard InChI is InChI=1S/C20H19N.C14H15N/c1-15-7-3-5-9-18(15)20(17-11-13-21-14-12-17)19-10-6-4-8-16(19)2;1-3-7-13(8-4-1)11-15-12-14-9-5-2-6-10-14/h3-14,20H,1-2H3;1-10,15H,11-12H2. The molecule has 1 heterocycles. The first-order chi connectivity index (χ1) is 17.7. The number of benzene rings is 4. The average molecular weight is 471 g/mol. The molecule has 0 saturated heterocycles. The number of hydrogen-bond donors (Lipinski definition) is 1. The van der Waals surface area contributed by atoms with Gasteiger partial charge in [0.15, 0.2) is 0 Å². The Hall–Kier alpha value is -4.01. The maximum absolute atomic E-state index is 4.16. The lowest BCUT2D eigenvalue weighted by molar-refractivity contribution is 0.693. The second kappa shape index (κ2) is 13.2. The van der Waals surface area contributed by atoms with Crippen LogP contribution < -0.4 is 5.32 Å². The lowest BCUT2D eigenvalue weighted by Crippen LogP contribution is -2.12. The van der Waals surface area contributed by atoms with Crippen LogP contribution in [-0.4, -0.2) is 4.98 Å². The van der Waals surface area contributed by atoms with Crippen molar-refractivity contribution < 1.29 is 0 Å². The lowest BCUT2D eigenvalue weighted by Gasteiger charge is -2.22. The van der Waals surface area contributed by atoms with Crippen molar-refractivity contribution in [2.45, 2.75) is 32.9 Å². The monoisotopic (exact) mass is 470 g/mol. The molecule has 5 rings (SSSR count). The molecule has 0 radical (unpaired) electrons. The first kappa shape index (κ1) is 25.1. The van der Waals surface area contributed by atoms with Crippen molar-refractivity contribution in [3.63, 3.8) is 0 Å². The Labute approximate surface area is 215 Å². The van der Waals surface area contributed by atoms with Gasteiger partial charge >= 0.3 is 0 Å². The normalized spacial score (nSPS) is 10.5. The van der Waals surface area contributed by atoms with Crippen LogP contribution >= 0.6 is 0 Å². The molecule has 4 aromatic carbocycles. The Morgan fingerprint density at radius 1 is 0.528 bits per heavy atom. The largest absolute Gasteiger partial charge is 0.309 e. The summed E-state index contributed by atoms with van der Waals surface area (Å²) in [5, 5.41) is 3.42. The van der Waals surface area contributed by atoms with Gasteiger partial charge in [0.05, 0.1) is 0 Å². The van der Waals surface area contributed by atoms with Gasteiger partial charge in [0.1, 0.15) is 0 Å². The van der Waals surface area contributed by atoms with Crippen molar-refractivity contribution in [2.75, 3.05) is 0 Å². The van der Waals surface area contributed by atoms with Crippen molar-refractivity contribution in [3.8, 4) is 0 Å². The topological polar surface area (TPSA) is 24.9 Å². The van der Waals surface area contributed by atoms with Gasteiger partial charge in [-0.15, -0.1) is 0 Å². The van der Waals surface area contributed by atoms with Gasteiger partial charge in [0, 0.05) is 31.4 Å². The van der Waals surface area contributed by atoms with Gasteiger partial charge < -0.3 is 5.32 Å². The van der Waals surface area contributed by atoms with Gasteiger partial charge in [-0.3, -0.25) is 4.98 Å². The molecule has 1 aromatic heterocycles. The average Bonchev–Trinajstić information content (AvgIpc) is 2.93. The van der Waals surface area contributed by atoms with E-state index in [-0.39, 0.29) is 5.92 Å². The summed E-state index contributed by atoms with van der Waals surface area (Å²) in [7, 11) is 0. The van der Waals surface area contributed by atoms with Crippen LogP contribution in [-0.2, 0) is 13.1 Å². The van der Waals surface area contributed by atoms with E-state index in [2.05, 4.69) is 133 Å². The number of pyridine rings is 1. The predicted molar refractivity (Wildman–Crippen MR) is 151 cm³/mol. The Kier molecular flexibility index (Phi) is 9.19. The highest BCUT2D eigenvalue weighted by molar-refractivity contribution is 5.47. The SMILES string of the molecule is Cc1ccccc1C(c1ccncc1)c1ccccc1C.c1ccc(CNCc2ccccc2)cc1. The Morgan fingerprint density at radius 3 is 1.39 bits per heavy atom. The van der Waals surface area contributed by atoms with Crippen LogP contribution in [0.4, 0.5) is 0 Å². The zero-order valence-corrected chi connectivity index (χ0v) is 21.1. The van der Waals surface area contributed by atoms with E-state index in [0.29, 0.717) is 0 Å². The van der Waals surface area contributed by atoms with E-state index in [0.717, 1.165) is 13.1 Å². The first-order valence-electron chi connectivity index (χ1n) is 12.5. The molecule has 0 unspecified atom stereocenters. The molecule has 0 amide bonds. The van der Waals surface area contributed by atoms with Crippen LogP contribution in [0, 0.1) is 13.8 Å². The minimum Gasteiger partial charge on any atom is -0.309 e. The maximum Gasteiger partial charge on any atom is 0.0346 e. The van der Waals surface area contributed by atoms with Gasteiger partial charge in [0.25, 0.3) is 0 Å². The minimum atomic E-state index is 0.260. The highest BCUT2D eigenvalue weighted by Crippen LogP contribution is 2.34. The minimum absolute atomic E-state index is 0.260. The summed E-state index contributed by atoms with van der Waals surface area (Å²) in [6.07, 6.45) is 3.75. The zero-order chi connectivity index (χ0) is 25.0. The van der Waals surface area contributed by atoms with E-state index in [1.165, 1.54) is 38.9 Å². The number of hydrogen-bond acceptors (Lipinski definition) is 2. The molecule has 180 valence electrons. The smallest absolute Gasteiger partial charge is 0.0346 e. The molecule has 2 nitrogen and oxygen atoms in total. The Balaban J connectivity index is 0.000000179. The fourth-order valence-electron chi connectivity index (χ4n) is 4.45. The van der Waals surface area contributed by atoms with Crippen molar-refractivity contribution in [2.24, 2.45) is 0 Å². The zero-order valence-electron chi connectivity index (χ0n) is 21.1. The lowest BCUT2D eigenvalue weighted by atomic mass is 9.82. The molecule has 5 aromatic rings. The van der Waals surface area contributed by atoms with E-state index in [1.807, 2.05) is 24.5 Å². The fraction of sp³-hybridized carbons (Fsp3) is 0.147. The van der Waals surface area contributed by atoms with E-state index in [9.17, 15) is 0 Å². The fourth-order valence-corrected chi connectivity index (χ4v) is 4.45. The van der Waals surface area contributed by atoms with Gasteiger partial charge in [-0.1, -0.05) is 109 Å². The maximum atomic E-state index is 4.16. The van der Waals surface area contributed by atoms with Gasteiger partial charge in [-0.2, -0.15) is 0 Å². The molecule has 1 N–H and O–H groups in total. The third-order valence-corrected chi connectivity index (χ3v) is 6.38. The summed E-state index contributed by atoms with van der Waals surface area (Å²) in [5.74, 6) is 0.260. The summed E-state index contributed by atoms with van der Waals surface area (Å²) >= 11 is 0. The molecule has 0 bridgehead atoms. The van der Waals surface area contributed by atoms with E-state index >= 15 is 0 Å². The number of aryl methyl sites for hydroxylation is 2. The first-order valence-corrected chi connectivity index (χ1v) is 12.5. The summed E-state index contributed by atoms with van der Waals surface area (Å²) in [5.41, 5.74) is 9.30. The summed E-state index contributed by atoms with van der Waals surface area (Å²) in [4.78, 5) is 4.16. The molecule has 2 heteroatoms. The highest BCUT2D eigenvalue weighted by atomic mass is 14.8. The van der Waals surface area contributed by atoms with Crippen LogP contribution in [0.2, 0.25) is 0 Å². The molecule has 0 spiro atoms. The van der Waals surface area contributed by atoms with E-state index < -0.39 is 0 Å². The van der Waals surface area contributed by atoms with Crippen molar-refractivity contribution in [1.82, 2.24) is 10.3 Å². The highest BCUT2D eigenvalue weighted by Gasteiger charge is 2.19. The number of nitrogens with one attached hydrogen (secondary N) is 1. The third kappa shape index (κ3) is 7.00. The Morgan fingerprint density at radius 2 is 0.944 bits per heavy atom. The van der Waals surface area contributed by atoms with E-state index in [4.69, 9.17) is 0 Å². The van der Waals surface area contributed by atoms with Crippen LogP contribution in [0.3, 0.4) is 0 Å². The number of rotatable bonds is 7. The number of aromatic nitrogens is 1. The van der Waals surface area contributed by atoms with Gasteiger partial charge in [-0.05, 0) is 64.9 Å². The van der Waals surface area contributed by atoms with E-state index in [1.54, 1.807) is 0 Å². The van der Waals surface area contributed by atoms with Crippen LogP contribution in [0.5, 0.6) is 0 Å². The quantitative estimate of drug-likeness (QED) is 0.262. The second-order valence-electron chi connectivity index (χ2n) is 9.00. The molecule has 0 aliphatic carbocycles. The molecule has 0 fully saturated rings. The molecular weight excluding hydrogens is 436 g/mol. The summed E-state index contributed by atoms with van der Waals surface area (Å²) in [6, 6.07) is 42.4. The molecule has 0 saturated carbocycles. The van der Waals surface area contributed by atoms with Crippen molar-refractivity contribution in [1.29, 1.82) is 0 Å². The summed E-state index contributed by atoms with van der Waals surface area (Å²) < 4.78 is 0. The molecular formula is C34H34N2. The Bertz CT molecular complexity index is 1230. The van der Waals surface area contributed by atoms with Crippen LogP contribution in [0.1, 0.15) is 44.9 Å². The number of nitrogens with zero attached hydrogens (tertiary/aromatic N) is 1. The van der Waals surface area contributed by atoms with Crippen LogP contribution in [0.25, 0.3) is 0 Å². The van der Waals surface area contributed by atoms with Crippen LogP contribution in [0.15, 0.2) is 134 Å². The van der Waals surface area contributed by atoms with Gasteiger partial charge in [-0.25, -0.2) is 0 Å². The van der Waals surface area contributed by atoms with Gasteiger partial charge in [0.2, 0.25) is 0 Å². The van der Waals surface area contributed by atoms with Crippen molar-refractivity contribution >= 4 is 0 Å². The molecule has 0 aliphatic rings. The van der Waals surface area contributed by atoms with Crippen molar-refractivity contribution in [3.05, 3.63) is 173 Å². The third-order valence-electron chi connectivity index (χ3n) is 6.38. The predicted octanol–water partition coefficient (Wildman–Crippen LogP) is 7.86. The molecule has 0 atom stereocenters.